The summed E-state index contributed by atoms with van der Waals surface area (Å²) in [5.74, 6) is 0.810. The number of imidazole rings is 1. The number of H-pyrrole nitrogens is 1. The van der Waals surface area contributed by atoms with E-state index in [0.29, 0.717) is 24.2 Å². The van der Waals surface area contributed by atoms with Crippen molar-refractivity contribution in [3.63, 3.8) is 0 Å². The Kier molecular flexibility index (Phi) is 6.13. The minimum absolute atomic E-state index is 0.0223. The SMILES string of the molecule is Cc1cc([N+](=O)[O-])ccc1NC(=O)CCN1CCCN(c2nc3ccccc3[nH]2)CC1. The number of hydrogen-bond acceptors (Lipinski definition) is 6. The zero-order valence-electron chi connectivity index (χ0n) is 17.5. The number of nitrogens with one attached hydrogen (secondary N) is 2. The molecule has 1 fully saturated rings. The lowest BCUT2D eigenvalue weighted by atomic mass is 10.1. The Bertz CT molecular complexity index is 1060. The number of hydrogen-bond donors (Lipinski definition) is 2. The predicted octanol–water partition coefficient (Wildman–Crippen LogP) is 3.32. The van der Waals surface area contributed by atoms with Crippen LogP contribution in [0.15, 0.2) is 42.5 Å². The van der Waals surface area contributed by atoms with Crippen LogP contribution in [-0.2, 0) is 4.79 Å². The number of nitro benzene ring substituents is 1. The molecular weight excluding hydrogens is 396 g/mol. The van der Waals surface area contributed by atoms with Gasteiger partial charge < -0.3 is 20.1 Å². The van der Waals surface area contributed by atoms with Crippen LogP contribution in [0.5, 0.6) is 0 Å². The fourth-order valence-electron chi connectivity index (χ4n) is 3.87. The van der Waals surface area contributed by atoms with Crippen molar-refractivity contribution in [1.82, 2.24) is 14.9 Å². The normalized spacial score (nSPS) is 15.1. The van der Waals surface area contributed by atoms with E-state index in [2.05, 4.69) is 20.1 Å². The smallest absolute Gasteiger partial charge is 0.269 e. The van der Waals surface area contributed by atoms with Crippen molar-refractivity contribution in [3.8, 4) is 0 Å². The van der Waals surface area contributed by atoms with E-state index in [1.807, 2.05) is 24.3 Å². The van der Waals surface area contributed by atoms with Crippen LogP contribution in [0, 0.1) is 17.0 Å². The monoisotopic (exact) mass is 422 g/mol. The molecule has 0 radical (unpaired) electrons. The number of carbonyl (C=O) groups is 1. The Morgan fingerprint density at radius 2 is 2.03 bits per heavy atom. The van der Waals surface area contributed by atoms with Gasteiger partial charge in [0.1, 0.15) is 0 Å². The van der Waals surface area contributed by atoms with E-state index in [-0.39, 0.29) is 11.6 Å². The largest absolute Gasteiger partial charge is 0.341 e. The van der Waals surface area contributed by atoms with E-state index in [1.165, 1.54) is 12.1 Å². The zero-order chi connectivity index (χ0) is 21.8. The molecule has 162 valence electrons. The summed E-state index contributed by atoms with van der Waals surface area (Å²) >= 11 is 0. The van der Waals surface area contributed by atoms with Crippen LogP contribution in [-0.4, -0.2) is 58.4 Å². The van der Waals surface area contributed by atoms with Gasteiger partial charge in [-0.15, -0.1) is 0 Å². The summed E-state index contributed by atoms with van der Waals surface area (Å²) in [6, 6.07) is 12.5. The summed E-state index contributed by atoms with van der Waals surface area (Å²) in [5.41, 5.74) is 3.32. The molecule has 9 nitrogen and oxygen atoms in total. The summed E-state index contributed by atoms with van der Waals surface area (Å²) in [4.78, 5) is 35.5. The third-order valence-corrected chi connectivity index (χ3v) is 5.61. The lowest BCUT2D eigenvalue weighted by Gasteiger charge is -2.21. The Morgan fingerprint density at radius 3 is 2.81 bits per heavy atom. The summed E-state index contributed by atoms with van der Waals surface area (Å²) in [6.07, 6.45) is 1.38. The van der Waals surface area contributed by atoms with Gasteiger partial charge in [-0.05, 0) is 43.7 Å². The molecule has 2 N–H and O–H groups in total. The number of non-ortho nitro benzene ring substituents is 1. The van der Waals surface area contributed by atoms with E-state index in [4.69, 9.17) is 4.98 Å². The molecule has 0 unspecified atom stereocenters. The van der Waals surface area contributed by atoms with Gasteiger partial charge in [0.05, 0.1) is 16.0 Å². The first-order valence-corrected chi connectivity index (χ1v) is 10.5. The van der Waals surface area contributed by atoms with E-state index in [9.17, 15) is 14.9 Å². The highest BCUT2D eigenvalue weighted by molar-refractivity contribution is 5.91. The zero-order valence-corrected chi connectivity index (χ0v) is 17.5. The number of benzene rings is 2. The number of fused-ring (bicyclic) bond motifs is 1. The van der Waals surface area contributed by atoms with Crippen molar-refractivity contribution in [2.45, 2.75) is 19.8 Å². The lowest BCUT2D eigenvalue weighted by Crippen LogP contribution is -2.33. The predicted molar refractivity (Wildman–Crippen MR) is 120 cm³/mol. The number of anilines is 2. The molecule has 1 amide bonds. The van der Waals surface area contributed by atoms with Gasteiger partial charge in [-0.1, -0.05) is 12.1 Å². The van der Waals surface area contributed by atoms with Crippen LogP contribution < -0.4 is 10.2 Å². The van der Waals surface area contributed by atoms with Gasteiger partial charge in [0, 0.05) is 50.4 Å². The highest BCUT2D eigenvalue weighted by Crippen LogP contribution is 2.22. The third kappa shape index (κ3) is 5.00. The number of nitro groups is 1. The Morgan fingerprint density at radius 1 is 1.19 bits per heavy atom. The van der Waals surface area contributed by atoms with Crippen molar-refractivity contribution >= 4 is 34.3 Å². The average Bonchev–Trinajstić information content (AvgIpc) is 3.04. The van der Waals surface area contributed by atoms with E-state index >= 15 is 0 Å². The van der Waals surface area contributed by atoms with Crippen LogP contribution in [0.4, 0.5) is 17.3 Å². The first kappa shape index (κ1) is 20.8. The standard InChI is InChI=1S/C22H26N6O3/c1-16-15-17(28(30)31)7-8-18(16)23-21(29)9-12-26-10-4-11-27(14-13-26)22-24-19-5-2-3-6-20(19)25-22/h2-3,5-8,15H,4,9-14H2,1H3,(H,23,29)(H,24,25). The number of carbonyl (C=O) groups excluding carboxylic acids is 1. The maximum Gasteiger partial charge on any atom is 0.269 e. The van der Waals surface area contributed by atoms with Crippen molar-refractivity contribution in [2.75, 3.05) is 42.9 Å². The second-order valence-corrected chi connectivity index (χ2v) is 7.81. The molecule has 0 atom stereocenters. The summed E-state index contributed by atoms with van der Waals surface area (Å²) < 4.78 is 0. The molecule has 4 rings (SSSR count). The van der Waals surface area contributed by atoms with Gasteiger partial charge in [-0.25, -0.2) is 4.98 Å². The minimum Gasteiger partial charge on any atom is -0.341 e. The molecule has 2 heterocycles. The van der Waals surface area contributed by atoms with Gasteiger partial charge in [-0.3, -0.25) is 14.9 Å². The Hall–Kier alpha value is -3.46. The maximum atomic E-state index is 12.4. The highest BCUT2D eigenvalue weighted by Gasteiger charge is 2.18. The van der Waals surface area contributed by atoms with Crippen molar-refractivity contribution in [3.05, 3.63) is 58.1 Å². The molecule has 2 aromatic carbocycles. The molecule has 1 aromatic heterocycles. The number of aromatic nitrogens is 2. The van der Waals surface area contributed by atoms with Crippen LogP contribution in [0.2, 0.25) is 0 Å². The number of aromatic amines is 1. The molecule has 9 heteroatoms. The van der Waals surface area contributed by atoms with Gasteiger partial charge in [0.25, 0.3) is 5.69 Å². The van der Waals surface area contributed by atoms with Crippen LogP contribution in [0.1, 0.15) is 18.4 Å². The van der Waals surface area contributed by atoms with E-state index < -0.39 is 4.92 Å². The third-order valence-electron chi connectivity index (χ3n) is 5.61. The number of amides is 1. The average molecular weight is 422 g/mol. The number of rotatable bonds is 6. The molecule has 0 spiro atoms. The first-order chi connectivity index (χ1) is 15.0. The minimum atomic E-state index is -0.438. The van der Waals surface area contributed by atoms with Gasteiger partial charge in [0.2, 0.25) is 11.9 Å². The first-order valence-electron chi connectivity index (χ1n) is 10.5. The summed E-state index contributed by atoms with van der Waals surface area (Å²) in [6.45, 7) is 5.99. The lowest BCUT2D eigenvalue weighted by molar-refractivity contribution is -0.384. The molecule has 31 heavy (non-hydrogen) atoms. The maximum absolute atomic E-state index is 12.4. The summed E-state index contributed by atoms with van der Waals surface area (Å²) in [7, 11) is 0. The van der Waals surface area contributed by atoms with Crippen LogP contribution in [0.25, 0.3) is 11.0 Å². The Balaban J connectivity index is 1.28. The van der Waals surface area contributed by atoms with Gasteiger partial charge >= 0.3 is 0 Å². The van der Waals surface area contributed by atoms with Gasteiger partial charge in [-0.2, -0.15) is 0 Å². The second-order valence-electron chi connectivity index (χ2n) is 7.81. The van der Waals surface area contributed by atoms with Crippen molar-refractivity contribution in [2.24, 2.45) is 0 Å². The fraction of sp³-hybridized carbons (Fsp3) is 0.364. The highest BCUT2D eigenvalue weighted by atomic mass is 16.6. The topological polar surface area (TPSA) is 107 Å². The molecule has 0 aliphatic carbocycles. The molecular formula is C22H26N6O3. The quantitative estimate of drug-likeness (QED) is 0.466. The molecule has 3 aromatic rings. The van der Waals surface area contributed by atoms with E-state index in [0.717, 1.165) is 49.6 Å². The fourth-order valence-corrected chi connectivity index (χ4v) is 3.87. The van der Waals surface area contributed by atoms with Crippen LogP contribution >= 0.6 is 0 Å². The molecule has 0 saturated carbocycles. The second kappa shape index (κ2) is 9.13. The molecule has 1 aliphatic rings. The van der Waals surface area contributed by atoms with Crippen molar-refractivity contribution in [1.29, 1.82) is 0 Å². The molecule has 0 bridgehead atoms. The summed E-state index contributed by atoms with van der Waals surface area (Å²) in [5, 5.41) is 13.7. The number of nitrogens with zero attached hydrogens (tertiary/aromatic N) is 4. The number of para-hydroxylation sites is 2. The molecule has 1 saturated heterocycles. The van der Waals surface area contributed by atoms with Crippen LogP contribution in [0.3, 0.4) is 0 Å². The number of aryl methyl sites for hydroxylation is 1. The van der Waals surface area contributed by atoms with E-state index in [1.54, 1.807) is 13.0 Å². The Labute approximate surface area is 180 Å². The van der Waals surface area contributed by atoms with Crippen molar-refractivity contribution < 1.29 is 9.72 Å². The molecule has 1 aliphatic heterocycles. The van der Waals surface area contributed by atoms with Gasteiger partial charge in [0.15, 0.2) is 0 Å².